The van der Waals surface area contributed by atoms with Gasteiger partial charge in [0.2, 0.25) is 0 Å². The number of aryl methyl sites for hydroxylation is 1. The first-order valence-corrected chi connectivity index (χ1v) is 6.82. The van der Waals surface area contributed by atoms with E-state index in [0.29, 0.717) is 0 Å². The molecule has 1 unspecified atom stereocenters. The summed E-state index contributed by atoms with van der Waals surface area (Å²) in [5.74, 6) is 0. The third-order valence-electron chi connectivity index (χ3n) is 2.61. The first kappa shape index (κ1) is 12.3. The maximum absolute atomic E-state index is 5.83. The van der Waals surface area contributed by atoms with Crippen LogP contribution in [-0.2, 0) is 12.8 Å². The van der Waals surface area contributed by atoms with Crippen LogP contribution in [0.25, 0.3) is 11.3 Å². The van der Waals surface area contributed by atoms with E-state index in [1.807, 2.05) is 13.0 Å². The molecule has 0 saturated heterocycles. The van der Waals surface area contributed by atoms with Crippen LogP contribution in [0.4, 0.5) is 0 Å². The van der Waals surface area contributed by atoms with Crippen molar-refractivity contribution in [1.29, 1.82) is 0 Å². The molecule has 2 N–H and O–H groups in total. The van der Waals surface area contributed by atoms with E-state index >= 15 is 0 Å². The molecular formula is C14H18N2S. The minimum atomic E-state index is 0.175. The van der Waals surface area contributed by atoms with E-state index in [1.165, 1.54) is 10.4 Å². The van der Waals surface area contributed by atoms with Crippen molar-refractivity contribution in [3.05, 3.63) is 40.2 Å². The van der Waals surface area contributed by atoms with Gasteiger partial charge in [0.05, 0.1) is 10.7 Å². The Hall–Kier alpha value is -1.19. The zero-order valence-electron chi connectivity index (χ0n) is 10.3. The van der Waals surface area contributed by atoms with Crippen LogP contribution in [0.3, 0.4) is 0 Å². The number of nitrogens with zero attached hydrogens (tertiary/aromatic N) is 1. The molecule has 0 saturated carbocycles. The van der Waals surface area contributed by atoms with Crippen molar-refractivity contribution in [3.8, 4) is 11.3 Å². The first-order chi connectivity index (χ1) is 8.20. The van der Waals surface area contributed by atoms with Gasteiger partial charge in [-0.3, -0.25) is 0 Å². The van der Waals surface area contributed by atoms with Crippen LogP contribution in [0, 0.1) is 0 Å². The zero-order chi connectivity index (χ0) is 12.3. The fraction of sp³-hybridized carbons (Fsp3) is 0.357. The molecule has 2 nitrogen and oxygen atoms in total. The largest absolute Gasteiger partial charge is 0.328 e. The zero-order valence-corrected chi connectivity index (χ0v) is 11.1. The Balaban J connectivity index is 2.36. The predicted molar refractivity (Wildman–Crippen MR) is 74.3 cm³/mol. The van der Waals surface area contributed by atoms with E-state index < -0.39 is 0 Å². The topological polar surface area (TPSA) is 38.9 Å². The highest BCUT2D eigenvalue weighted by Crippen LogP contribution is 2.29. The van der Waals surface area contributed by atoms with Crippen LogP contribution in [0.2, 0.25) is 0 Å². The summed E-state index contributed by atoms with van der Waals surface area (Å²) in [6.07, 6.45) is 1.89. The lowest BCUT2D eigenvalue weighted by Crippen LogP contribution is -2.17. The number of thiazole rings is 1. The lowest BCUT2D eigenvalue weighted by Gasteiger charge is -1.99. The van der Waals surface area contributed by atoms with Gasteiger partial charge in [-0.25, -0.2) is 4.98 Å². The summed E-state index contributed by atoms with van der Waals surface area (Å²) in [6, 6.07) is 10.5. The van der Waals surface area contributed by atoms with E-state index in [1.54, 1.807) is 11.3 Å². The van der Waals surface area contributed by atoms with Gasteiger partial charge < -0.3 is 5.73 Å². The van der Waals surface area contributed by atoms with Crippen molar-refractivity contribution in [1.82, 2.24) is 4.98 Å². The van der Waals surface area contributed by atoms with E-state index in [4.69, 9.17) is 10.7 Å². The molecule has 1 heterocycles. The molecule has 90 valence electrons. The lowest BCUT2D eigenvalue weighted by molar-refractivity contribution is 0.734. The van der Waals surface area contributed by atoms with Crippen LogP contribution in [0.1, 0.15) is 23.7 Å². The van der Waals surface area contributed by atoms with Gasteiger partial charge in [0.1, 0.15) is 0 Å². The van der Waals surface area contributed by atoms with Gasteiger partial charge in [-0.15, -0.1) is 11.3 Å². The van der Waals surface area contributed by atoms with Crippen molar-refractivity contribution < 1.29 is 0 Å². The molecule has 1 aromatic heterocycles. The normalized spacial score (nSPS) is 12.6. The molecule has 1 aromatic carbocycles. The number of nitrogens with two attached hydrogens (primary N) is 1. The van der Waals surface area contributed by atoms with E-state index in [0.717, 1.165) is 23.5 Å². The number of hydrogen-bond donors (Lipinski definition) is 1. The van der Waals surface area contributed by atoms with Crippen molar-refractivity contribution in [3.63, 3.8) is 0 Å². The molecule has 0 bridgehead atoms. The highest BCUT2D eigenvalue weighted by Gasteiger charge is 2.12. The summed E-state index contributed by atoms with van der Waals surface area (Å²) in [6.45, 7) is 4.20. The molecule has 0 aliphatic rings. The van der Waals surface area contributed by atoms with Gasteiger partial charge in [0, 0.05) is 22.9 Å². The van der Waals surface area contributed by atoms with Crippen LogP contribution in [-0.4, -0.2) is 11.0 Å². The third kappa shape index (κ3) is 2.93. The van der Waals surface area contributed by atoms with Crippen LogP contribution >= 0.6 is 11.3 Å². The highest BCUT2D eigenvalue weighted by molar-refractivity contribution is 7.12. The molecule has 2 rings (SSSR count). The van der Waals surface area contributed by atoms with E-state index in [2.05, 4.69) is 31.2 Å². The number of rotatable bonds is 4. The standard InChI is InChI=1S/C14H18N2S/c1-3-12-14(11-7-5-4-6-8-11)16-13(17-12)9-10(2)15/h4-8,10H,3,9,15H2,1-2H3. The van der Waals surface area contributed by atoms with Gasteiger partial charge in [-0.05, 0) is 13.3 Å². The molecule has 2 aromatic rings. The molecule has 0 aliphatic heterocycles. The van der Waals surface area contributed by atoms with E-state index in [-0.39, 0.29) is 6.04 Å². The molecule has 0 spiro atoms. The molecule has 0 amide bonds. The summed E-state index contributed by atoms with van der Waals surface area (Å²) < 4.78 is 0. The molecule has 0 radical (unpaired) electrons. The van der Waals surface area contributed by atoms with Crippen LogP contribution in [0.5, 0.6) is 0 Å². The monoisotopic (exact) mass is 246 g/mol. The molecular weight excluding hydrogens is 228 g/mol. The van der Waals surface area contributed by atoms with Gasteiger partial charge >= 0.3 is 0 Å². The second-order valence-corrected chi connectivity index (χ2v) is 5.45. The average molecular weight is 246 g/mol. The average Bonchev–Trinajstić information content (AvgIpc) is 2.72. The lowest BCUT2D eigenvalue weighted by atomic mass is 10.1. The second kappa shape index (κ2) is 5.43. The quantitative estimate of drug-likeness (QED) is 0.899. The third-order valence-corrected chi connectivity index (χ3v) is 3.83. The van der Waals surface area contributed by atoms with Crippen molar-refractivity contribution in [2.75, 3.05) is 0 Å². The van der Waals surface area contributed by atoms with Gasteiger partial charge in [0.25, 0.3) is 0 Å². The first-order valence-electron chi connectivity index (χ1n) is 6.00. The summed E-state index contributed by atoms with van der Waals surface area (Å²) in [5, 5.41) is 1.15. The minimum Gasteiger partial charge on any atom is -0.328 e. The Labute approximate surface area is 107 Å². The van der Waals surface area contributed by atoms with Crippen molar-refractivity contribution in [2.45, 2.75) is 32.7 Å². The van der Waals surface area contributed by atoms with Crippen LogP contribution < -0.4 is 5.73 Å². The molecule has 0 fully saturated rings. The highest BCUT2D eigenvalue weighted by atomic mass is 32.1. The summed E-state index contributed by atoms with van der Waals surface area (Å²) in [4.78, 5) is 6.08. The second-order valence-electron chi connectivity index (χ2n) is 4.28. The fourth-order valence-electron chi connectivity index (χ4n) is 1.82. The smallest absolute Gasteiger partial charge is 0.0950 e. The summed E-state index contributed by atoms with van der Waals surface area (Å²) in [5.41, 5.74) is 8.17. The van der Waals surface area contributed by atoms with Gasteiger partial charge in [-0.2, -0.15) is 0 Å². The van der Waals surface area contributed by atoms with Crippen LogP contribution in [0.15, 0.2) is 30.3 Å². The minimum absolute atomic E-state index is 0.175. The maximum atomic E-state index is 5.83. The van der Waals surface area contributed by atoms with Crippen molar-refractivity contribution in [2.24, 2.45) is 5.73 Å². The molecule has 3 heteroatoms. The number of benzene rings is 1. The predicted octanol–water partition coefficient (Wildman–Crippen LogP) is 3.26. The molecule has 0 aliphatic carbocycles. The Morgan fingerprint density at radius 3 is 2.59 bits per heavy atom. The Morgan fingerprint density at radius 2 is 2.00 bits per heavy atom. The summed E-state index contributed by atoms with van der Waals surface area (Å²) in [7, 11) is 0. The summed E-state index contributed by atoms with van der Waals surface area (Å²) >= 11 is 1.79. The number of aromatic nitrogens is 1. The molecule has 17 heavy (non-hydrogen) atoms. The number of hydrogen-bond acceptors (Lipinski definition) is 3. The van der Waals surface area contributed by atoms with E-state index in [9.17, 15) is 0 Å². The van der Waals surface area contributed by atoms with Gasteiger partial charge in [-0.1, -0.05) is 37.3 Å². The SMILES string of the molecule is CCc1sc(CC(C)N)nc1-c1ccccc1. The fourth-order valence-corrected chi connectivity index (χ4v) is 3.00. The maximum Gasteiger partial charge on any atom is 0.0950 e. The van der Waals surface area contributed by atoms with Gasteiger partial charge in [0.15, 0.2) is 0 Å². The Kier molecular flexibility index (Phi) is 3.92. The Morgan fingerprint density at radius 1 is 1.29 bits per heavy atom. The Bertz CT molecular complexity index is 474. The van der Waals surface area contributed by atoms with Crippen molar-refractivity contribution >= 4 is 11.3 Å². The molecule has 1 atom stereocenters.